The summed E-state index contributed by atoms with van der Waals surface area (Å²) in [5.74, 6) is 2.22. The first-order chi connectivity index (χ1) is 9.76. The molecule has 0 spiro atoms. The lowest BCUT2D eigenvalue weighted by molar-refractivity contribution is 0.435. The summed E-state index contributed by atoms with van der Waals surface area (Å²) in [7, 11) is 0. The van der Waals surface area contributed by atoms with Crippen molar-refractivity contribution in [3.63, 3.8) is 0 Å². The predicted octanol–water partition coefficient (Wildman–Crippen LogP) is 4.13. The van der Waals surface area contributed by atoms with Gasteiger partial charge in [0.1, 0.15) is 11.8 Å². The van der Waals surface area contributed by atoms with E-state index >= 15 is 0 Å². The third kappa shape index (κ3) is 2.85. The molecule has 0 radical (unpaired) electrons. The first-order valence-corrected chi connectivity index (χ1v) is 7.77. The van der Waals surface area contributed by atoms with E-state index in [0.29, 0.717) is 12.3 Å². The lowest BCUT2D eigenvalue weighted by atomic mass is 10.0. The largest absolute Gasteiger partial charge is 0.449 e. The van der Waals surface area contributed by atoms with E-state index in [-0.39, 0.29) is 6.04 Å². The van der Waals surface area contributed by atoms with E-state index in [1.807, 2.05) is 36.0 Å². The smallest absolute Gasteiger partial charge is 0.203 e. The summed E-state index contributed by atoms with van der Waals surface area (Å²) in [6.07, 6.45) is 1.06. The number of nitriles is 1. The molecule has 3 rings (SSSR count). The summed E-state index contributed by atoms with van der Waals surface area (Å²) in [6.45, 7) is 0.614. The summed E-state index contributed by atoms with van der Waals surface area (Å²) in [6, 6.07) is 11.8. The van der Waals surface area contributed by atoms with Crippen molar-refractivity contribution in [1.29, 1.82) is 5.26 Å². The number of fused-ring (bicyclic) bond motifs is 1. The van der Waals surface area contributed by atoms with Gasteiger partial charge in [-0.15, -0.1) is 11.8 Å². The molecule has 0 saturated carbocycles. The molecule has 102 valence electrons. The Kier molecular flexibility index (Phi) is 4.02. The third-order valence-electron chi connectivity index (χ3n) is 3.31. The Hall–Kier alpha value is -1.41. The Morgan fingerprint density at radius 1 is 1.40 bits per heavy atom. The molecule has 2 heterocycles. The number of nitrogens with one attached hydrogen (secondary N) is 1. The summed E-state index contributed by atoms with van der Waals surface area (Å²) in [4.78, 5) is 1.29. The Morgan fingerprint density at radius 2 is 2.30 bits per heavy atom. The number of rotatable bonds is 3. The molecule has 1 atom stereocenters. The van der Waals surface area contributed by atoms with Crippen LogP contribution < -0.4 is 5.32 Å². The van der Waals surface area contributed by atoms with Gasteiger partial charge in [0.25, 0.3) is 0 Å². The molecular weight excluding hydrogens is 292 g/mol. The van der Waals surface area contributed by atoms with Gasteiger partial charge in [0.2, 0.25) is 5.76 Å². The monoisotopic (exact) mass is 304 g/mol. The Balaban J connectivity index is 1.73. The van der Waals surface area contributed by atoms with Crippen LogP contribution in [0.25, 0.3) is 0 Å². The highest BCUT2D eigenvalue weighted by Crippen LogP contribution is 2.37. The third-order valence-corrected chi connectivity index (χ3v) is 4.66. The fourth-order valence-electron chi connectivity index (χ4n) is 2.33. The van der Waals surface area contributed by atoms with Gasteiger partial charge in [-0.3, -0.25) is 0 Å². The number of furan rings is 1. The summed E-state index contributed by atoms with van der Waals surface area (Å²) in [5, 5.41) is 13.0. The minimum Gasteiger partial charge on any atom is -0.449 e. The average molecular weight is 305 g/mol. The van der Waals surface area contributed by atoms with Gasteiger partial charge < -0.3 is 9.73 Å². The minimum atomic E-state index is 0.278. The van der Waals surface area contributed by atoms with Crippen molar-refractivity contribution in [2.24, 2.45) is 0 Å². The number of hydrogen-bond donors (Lipinski definition) is 1. The number of thioether (sulfide) groups is 1. The van der Waals surface area contributed by atoms with Gasteiger partial charge in [-0.1, -0.05) is 11.6 Å². The maximum absolute atomic E-state index is 8.75. The van der Waals surface area contributed by atoms with Crippen LogP contribution in [0.5, 0.6) is 0 Å². The van der Waals surface area contributed by atoms with Gasteiger partial charge in [0.15, 0.2) is 0 Å². The zero-order valence-electron chi connectivity index (χ0n) is 10.7. The summed E-state index contributed by atoms with van der Waals surface area (Å²) >= 11 is 7.96. The second-order valence-electron chi connectivity index (χ2n) is 4.63. The number of benzene rings is 1. The van der Waals surface area contributed by atoms with E-state index in [2.05, 4.69) is 11.4 Å². The molecule has 3 nitrogen and oxygen atoms in total. The van der Waals surface area contributed by atoms with E-state index in [9.17, 15) is 0 Å². The summed E-state index contributed by atoms with van der Waals surface area (Å²) in [5.41, 5.74) is 1.25. The molecule has 0 fully saturated rings. The maximum Gasteiger partial charge on any atom is 0.203 e. The molecule has 0 aliphatic carbocycles. The standard InChI is InChI=1S/C15H13ClN2OS/c16-10-1-4-15-13(7-10)14(5-6-20-15)18-9-12-3-2-11(8-17)19-12/h1-4,7,14,18H,5-6,9H2. The molecule has 2 aromatic rings. The van der Waals surface area contributed by atoms with Gasteiger partial charge in [-0.2, -0.15) is 5.26 Å². The first kappa shape index (κ1) is 13.6. The molecule has 20 heavy (non-hydrogen) atoms. The van der Waals surface area contributed by atoms with E-state index in [4.69, 9.17) is 21.3 Å². The van der Waals surface area contributed by atoms with Crippen molar-refractivity contribution in [2.45, 2.75) is 23.9 Å². The van der Waals surface area contributed by atoms with Gasteiger partial charge in [-0.25, -0.2) is 0 Å². The van der Waals surface area contributed by atoms with Crippen molar-refractivity contribution in [1.82, 2.24) is 5.32 Å². The van der Waals surface area contributed by atoms with Crippen LogP contribution in [0.2, 0.25) is 5.02 Å². The average Bonchev–Trinajstić information content (AvgIpc) is 2.93. The van der Waals surface area contributed by atoms with Crippen molar-refractivity contribution in [3.8, 4) is 6.07 Å². The van der Waals surface area contributed by atoms with Crippen LogP contribution in [0.4, 0.5) is 0 Å². The Morgan fingerprint density at radius 3 is 3.10 bits per heavy atom. The van der Waals surface area contributed by atoms with Crippen LogP contribution in [-0.2, 0) is 6.54 Å². The second kappa shape index (κ2) is 5.92. The number of halogens is 1. The number of hydrogen-bond acceptors (Lipinski definition) is 4. The van der Waals surface area contributed by atoms with Crippen LogP contribution in [0.1, 0.15) is 29.5 Å². The van der Waals surface area contributed by atoms with Crippen LogP contribution in [0.3, 0.4) is 0 Å². The predicted molar refractivity (Wildman–Crippen MR) is 79.8 cm³/mol. The Bertz CT molecular complexity index is 662. The van der Waals surface area contributed by atoms with E-state index in [1.54, 1.807) is 6.07 Å². The fraction of sp³-hybridized carbons (Fsp3) is 0.267. The van der Waals surface area contributed by atoms with Crippen molar-refractivity contribution >= 4 is 23.4 Å². The molecule has 1 aromatic heterocycles. The molecule has 5 heteroatoms. The highest BCUT2D eigenvalue weighted by atomic mass is 35.5. The zero-order valence-corrected chi connectivity index (χ0v) is 12.3. The van der Waals surface area contributed by atoms with Crippen LogP contribution in [-0.4, -0.2) is 5.75 Å². The lowest BCUT2D eigenvalue weighted by Gasteiger charge is -2.26. The van der Waals surface area contributed by atoms with Crippen molar-refractivity contribution in [3.05, 3.63) is 52.4 Å². The molecule has 0 amide bonds. The highest BCUT2D eigenvalue weighted by Gasteiger charge is 2.20. The second-order valence-corrected chi connectivity index (χ2v) is 6.20. The van der Waals surface area contributed by atoms with E-state index in [1.165, 1.54) is 10.5 Å². The van der Waals surface area contributed by atoms with Crippen LogP contribution in [0, 0.1) is 11.3 Å². The normalized spacial score (nSPS) is 17.5. The van der Waals surface area contributed by atoms with Crippen molar-refractivity contribution in [2.75, 3.05) is 5.75 Å². The van der Waals surface area contributed by atoms with E-state index in [0.717, 1.165) is 23.0 Å². The van der Waals surface area contributed by atoms with Gasteiger partial charge >= 0.3 is 0 Å². The highest BCUT2D eigenvalue weighted by molar-refractivity contribution is 7.99. The Labute approximate surface area is 126 Å². The zero-order chi connectivity index (χ0) is 13.9. The molecule has 0 bridgehead atoms. The molecule has 1 unspecified atom stereocenters. The quantitative estimate of drug-likeness (QED) is 0.926. The molecule has 1 aromatic carbocycles. The van der Waals surface area contributed by atoms with Gasteiger partial charge in [0, 0.05) is 16.0 Å². The number of nitrogens with zero attached hydrogens (tertiary/aromatic N) is 1. The minimum absolute atomic E-state index is 0.278. The molecular formula is C15H13ClN2OS. The van der Waals surface area contributed by atoms with Crippen LogP contribution >= 0.6 is 23.4 Å². The SMILES string of the molecule is N#Cc1ccc(CNC2CCSc3ccc(Cl)cc32)o1. The lowest BCUT2D eigenvalue weighted by Crippen LogP contribution is -2.24. The molecule has 1 aliphatic rings. The van der Waals surface area contributed by atoms with E-state index < -0.39 is 0 Å². The topological polar surface area (TPSA) is 49.0 Å². The van der Waals surface area contributed by atoms with Gasteiger partial charge in [-0.05, 0) is 48.1 Å². The van der Waals surface area contributed by atoms with Crippen molar-refractivity contribution < 1.29 is 4.42 Å². The first-order valence-electron chi connectivity index (χ1n) is 6.41. The maximum atomic E-state index is 8.75. The summed E-state index contributed by atoms with van der Waals surface area (Å²) < 4.78 is 5.38. The molecule has 0 saturated heterocycles. The van der Waals surface area contributed by atoms with Crippen LogP contribution in [0.15, 0.2) is 39.6 Å². The molecule has 1 aliphatic heterocycles. The van der Waals surface area contributed by atoms with Gasteiger partial charge in [0.05, 0.1) is 6.54 Å². The fourth-order valence-corrected chi connectivity index (χ4v) is 3.62. The molecule has 1 N–H and O–H groups in total.